The first kappa shape index (κ1) is 12.5. The van der Waals surface area contributed by atoms with Crippen LogP contribution in [-0.4, -0.2) is 49.6 Å². The maximum absolute atomic E-state index is 5.62. The minimum Gasteiger partial charge on any atom is -0.492 e. The van der Waals surface area contributed by atoms with Gasteiger partial charge in [-0.3, -0.25) is 4.90 Å². The molecule has 0 amide bonds. The van der Waals surface area contributed by atoms with E-state index in [1.165, 1.54) is 37.3 Å². The second-order valence-electron chi connectivity index (χ2n) is 5.24. The molecule has 2 aliphatic heterocycles. The molecule has 2 heterocycles. The fourth-order valence-electron chi connectivity index (χ4n) is 2.68. The molecule has 1 aromatic rings. The lowest BCUT2D eigenvalue weighted by atomic mass is 10.1. The van der Waals surface area contributed by atoms with Gasteiger partial charge in [-0.15, -0.1) is 0 Å². The fourth-order valence-corrected chi connectivity index (χ4v) is 3.34. The Bertz CT molecular complexity index is 442. The zero-order valence-corrected chi connectivity index (χ0v) is 12.4. The van der Waals surface area contributed by atoms with Crippen molar-refractivity contribution in [2.45, 2.75) is 13.0 Å². The van der Waals surface area contributed by atoms with E-state index in [1.807, 2.05) is 0 Å². The quantitative estimate of drug-likeness (QED) is 0.832. The molecule has 1 saturated heterocycles. The number of ether oxygens (including phenoxy) is 1. The van der Waals surface area contributed by atoms with E-state index in [0.717, 1.165) is 29.8 Å². The highest BCUT2D eigenvalue weighted by Crippen LogP contribution is 2.35. The summed E-state index contributed by atoms with van der Waals surface area (Å²) < 4.78 is 6.73. The monoisotopic (exact) mass is 310 g/mol. The van der Waals surface area contributed by atoms with Crippen LogP contribution in [0.4, 0.5) is 0 Å². The van der Waals surface area contributed by atoms with Crippen LogP contribution in [-0.2, 0) is 13.0 Å². The lowest BCUT2D eigenvalue weighted by Crippen LogP contribution is -2.43. The molecule has 2 aliphatic rings. The number of halogens is 1. The van der Waals surface area contributed by atoms with Crippen LogP contribution in [0.1, 0.15) is 11.1 Å². The predicted octanol–water partition coefficient (Wildman–Crippen LogP) is 2.13. The Balaban J connectivity index is 1.71. The molecule has 0 bridgehead atoms. The largest absolute Gasteiger partial charge is 0.492 e. The van der Waals surface area contributed by atoms with Gasteiger partial charge in [-0.05, 0) is 40.2 Å². The summed E-state index contributed by atoms with van der Waals surface area (Å²) in [6, 6.07) is 4.52. The van der Waals surface area contributed by atoms with Crippen molar-refractivity contribution in [1.82, 2.24) is 9.80 Å². The van der Waals surface area contributed by atoms with Crippen molar-refractivity contribution >= 4 is 15.9 Å². The number of hydrogen-bond donors (Lipinski definition) is 0. The van der Waals surface area contributed by atoms with Gasteiger partial charge in [0.15, 0.2) is 0 Å². The third-order valence-corrected chi connectivity index (χ3v) is 4.39. The smallest absolute Gasteiger partial charge is 0.136 e. The van der Waals surface area contributed by atoms with Crippen molar-refractivity contribution in [1.29, 1.82) is 0 Å². The van der Waals surface area contributed by atoms with E-state index < -0.39 is 0 Å². The van der Waals surface area contributed by atoms with Crippen molar-refractivity contribution in [2.75, 3.05) is 39.8 Å². The minimum absolute atomic E-state index is 0.825. The van der Waals surface area contributed by atoms with Crippen LogP contribution < -0.4 is 4.74 Å². The molecule has 0 unspecified atom stereocenters. The van der Waals surface area contributed by atoms with Crippen LogP contribution in [0.25, 0.3) is 0 Å². The summed E-state index contributed by atoms with van der Waals surface area (Å²) in [5.74, 6) is 1.05. The van der Waals surface area contributed by atoms with Crippen LogP contribution >= 0.6 is 15.9 Å². The van der Waals surface area contributed by atoms with E-state index in [0.29, 0.717) is 0 Å². The predicted molar refractivity (Wildman–Crippen MR) is 76.1 cm³/mol. The first-order valence-corrected chi connectivity index (χ1v) is 7.36. The molecule has 1 aromatic carbocycles. The van der Waals surface area contributed by atoms with Crippen LogP contribution in [0.15, 0.2) is 16.6 Å². The van der Waals surface area contributed by atoms with E-state index >= 15 is 0 Å². The number of nitrogens with zero attached hydrogens (tertiary/aromatic N) is 2. The highest BCUT2D eigenvalue weighted by Gasteiger charge is 2.19. The standard InChI is InChI=1S/C14H19BrN2O/c1-16-3-5-17(6-4-16)10-11-8-12-2-7-18-14(12)13(15)9-11/h8-9H,2-7,10H2,1H3. The Labute approximate surface area is 117 Å². The maximum Gasteiger partial charge on any atom is 0.136 e. The summed E-state index contributed by atoms with van der Waals surface area (Å²) >= 11 is 3.62. The van der Waals surface area contributed by atoms with E-state index in [1.54, 1.807) is 0 Å². The summed E-state index contributed by atoms with van der Waals surface area (Å²) in [4.78, 5) is 4.92. The van der Waals surface area contributed by atoms with Crippen molar-refractivity contribution < 1.29 is 4.74 Å². The van der Waals surface area contributed by atoms with Crippen LogP contribution in [0.3, 0.4) is 0 Å². The zero-order valence-electron chi connectivity index (χ0n) is 10.8. The van der Waals surface area contributed by atoms with Crippen molar-refractivity contribution in [3.05, 3.63) is 27.7 Å². The van der Waals surface area contributed by atoms with Gasteiger partial charge >= 0.3 is 0 Å². The van der Waals surface area contributed by atoms with Gasteiger partial charge in [0, 0.05) is 39.1 Å². The molecule has 3 nitrogen and oxygen atoms in total. The van der Waals surface area contributed by atoms with Gasteiger partial charge in [-0.1, -0.05) is 6.07 Å². The first-order valence-electron chi connectivity index (χ1n) is 6.57. The molecule has 18 heavy (non-hydrogen) atoms. The van der Waals surface area contributed by atoms with Gasteiger partial charge in [0.25, 0.3) is 0 Å². The topological polar surface area (TPSA) is 15.7 Å². The third-order valence-electron chi connectivity index (χ3n) is 3.80. The second kappa shape index (κ2) is 5.19. The summed E-state index contributed by atoms with van der Waals surface area (Å²) in [6.07, 6.45) is 1.05. The highest BCUT2D eigenvalue weighted by atomic mass is 79.9. The Hall–Kier alpha value is -0.580. The average Bonchev–Trinajstić information content (AvgIpc) is 2.81. The molecule has 0 radical (unpaired) electrons. The fraction of sp³-hybridized carbons (Fsp3) is 0.571. The SMILES string of the molecule is CN1CCN(Cc2cc(Br)c3c(c2)CCO3)CC1. The van der Waals surface area contributed by atoms with Gasteiger partial charge in [0.2, 0.25) is 0 Å². The van der Waals surface area contributed by atoms with Gasteiger partial charge in [-0.2, -0.15) is 0 Å². The van der Waals surface area contributed by atoms with Crippen LogP contribution in [0.5, 0.6) is 5.75 Å². The van der Waals surface area contributed by atoms with E-state index in [-0.39, 0.29) is 0 Å². The molecule has 3 rings (SSSR count). The Kier molecular flexibility index (Phi) is 3.59. The molecule has 0 aliphatic carbocycles. The molecular weight excluding hydrogens is 292 g/mol. The van der Waals surface area contributed by atoms with E-state index in [4.69, 9.17) is 4.74 Å². The molecular formula is C14H19BrN2O. The average molecular weight is 311 g/mol. The van der Waals surface area contributed by atoms with Gasteiger partial charge in [-0.25, -0.2) is 0 Å². The molecule has 0 atom stereocenters. The first-order chi connectivity index (χ1) is 8.72. The zero-order chi connectivity index (χ0) is 12.5. The Morgan fingerprint density at radius 2 is 2.00 bits per heavy atom. The summed E-state index contributed by atoms with van der Waals surface area (Å²) in [5.41, 5.74) is 2.75. The van der Waals surface area contributed by atoms with Crippen molar-refractivity contribution in [3.8, 4) is 5.75 Å². The normalized spacial score (nSPS) is 20.8. The molecule has 0 N–H and O–H groups in total. The molecule has 4 heteroatoms. The summed E-state index contributed by atoms with van der Waals surface area (Å²) in [7, 11) is 2.20. The number of rotatable bonds is 2. The second-order valence-corrected chi connectivity index (χ2v) is 6.10. The number of hydrogen-bond acceptors (Lipinski definition) is 3. The lowest BCUT2D eigenvalue weighted by Gasteiger charge is -2.32. The molecule has 1 fully saturated rings. The summed E-state index contributed by atoms with van der Waals surface area (Å²) in [6.45, 7) is 6.57. The van der Waals surface area contributed by atoms with Gasteiger partial charge < -0.3 is 9.64 Å². The number of fused-ring (bicyclic) bond motifs is 1. The highest BCUT2D eigenvalue weighted by molar-refractivity contribution is 9.10. The molecule has 0 aromatic heterocycles. The van der Waals surface area contributed by atoms with E-state index in [2.05, 4.69) is 44.9 Å². The van der Waals surface area contributed by atoms with Crippen molar-refractivity contribution in [3.63, 3.8) is 0 Å². The van der Waals surface area contributed by atoms with Crippen LogP contribution in [0, 0.1) is 0 Å². The third kappa shape index (κ3) is 2.56. The maximum atomic E-state index is 5.62. The lowest BCUT2D eigenvalue weighted by molar-refractivity contribution is 0.148. The van der Waals surface area contributed by atoms with Crippen LogP contribution in [0.2, 0.25) is 0 Å². The minimum atomic E-state index is 0.825. The van der Waals surface area contributed by atoms with Gasteiger partial charge in [0.05, 0.1) is 11.1 Å². The Morgan fingerprint density at radius 3 is 2.78 bits per heavy atom. The molecule has 0 saturated carbocycles. The van der Waals surface area contributed by atoms with E-state index in [9.17, 15) is 0 Å². The summed E-state index contributed by atoms with van der Waals surface area (Å²) in [5, 5.41) is 0. The Morgan fingerprint density at radius 1 is 1.22 bits per heavy atom. The van der Waals surface area contributed by atoms with Crippen molar-refractivity contribution in [2.24, 2.45) is 0 Å². The molecule has 98 valence electrons. The van der Waals surface area contributed by atoms with Gasteiger partial charge in [0.1, 0.15) is 5.75 Å². The number of likely N-dealkylation sites (N-methyl/N-ethyl adjacent to an activating group) is 1. The number of benzene rings is 1. The molecule has 0 spiro atoms. The number of piperazine rings is 1.